The van der Waals surface area contributed by atoms with Crippen LogP contribution in [0.25, 0.3) is 0 Å². The van der Waals surface area contributed by atoms with Gasteiger partial charge in [-0.05, 0) is 60.4 Å². The van der Waals surface area contributed by atoms with Crippen molar-refractivity contribution in [2.24, 2.45) is 0 Å². The fraction of sp³-hybridized carbons (Fsp3) is 0.600. The molecule has 2 fully saturated rings. The highest BCUT2D eigenvalue weighted by molar-refractivity contribution is 9.10. The van der Waals surface area contributed by atoms with E-state index in [1.165, 1.54) is 32.4 Å². The molecule has 1 aromatic rings. The third-order valence-electron chi connectivity index (χ3n) is 4.30. The zero-order valence-corrected chi connectivity index (χ0v) is 13.2. The highest BCUT2D eigenvalue weighted by atomic mass is 79.9. The van der Waals surface area contributed by atoms with E-state index >= 15 is 0 Å². The van der Waals surface area contributed by atoms with Crippen molar-refractivity contribution in [3.8, 4) is 0 Å². The Kier molecular flexibility index (Phi) is 4.36. The molecule has 0 N–H and O–H groups in total. The standard InChI is InChI=1S/C15H20BrN3O/c16-12-4-5-14(17-10-12)15(20)19-9-6-13(11-19)18-7-2-1-3-8-18/h4-5,10,13H,1-3,6-9,11H2. The first-order chi connectivity index (χ1) is 9.74. The molecular weight excluding hydrogens is 318 g/mol. The number of nitrogens with zero attached hydrogens (tertiary/aromatic N) is 3. The van der Waals surface area contributed by atoms with Crippen LogP contribution in [0.2, 0.25) is 0 Å². The van der Waals surface area contributed by atoms with Crippen LogP contribution in [0.3, 0.4) is 0 Å². The Bertz CT molecular complexity index is 471. The van der Waals surface area contributed by atoms with Gasteiger partial charge in [-0.3, -0.25) is 9.69 Å². The summed E-state index contributed by atoms with van der Waals surface area (Å²) in [5, 5.41) is 0. The molecule has 1 amide bonds. The zero-order valence-electron chi connectivity index (χ0n) is 11.6. The van der Waals surface area contributed by atoms with E-state index in [4.69, 9.17) is 0 Å². The summed E-state index contributed by atoms with van der Waals surface area (Å²) in [6.07, 6.45) is 6.75. The number of halogens is 1. The Morgan fingerprint density at radius 1 is 1.20 bits per heavy atom. The number of hydrogen-bond acceptors (Lipinski definition) is 3. The first kappa shape index (κ1) is 14.0. The van der Waals surface area contributed by atoms with Gasteiger partial charge in [-0.2, -0.15) is 0 Å². The maximum atomic E-state index is 12.4. The molecule has 2 aliphatic rings. The Hall–Kier alpha value is -0.940. The lowest BCUT2D eigenvalue weighted by molar-refractivity contribution is 0.0766. The van der Waals surface area contributed by atoms with E-state index < -0.39 is 0 Å². The summed E-state index contributed by atoms with van der Waals surface area (Å²) in [5.41, 5.74) is 0.549. The topological polar surface area (TPSA) is 36.4 Å². The second-order valence-corrected chi connectivity index (χ2v) is 6.57. The molecule has 5 heteroatoms. The summed E-state index contributed by atoms with van der Waals surface area (Å²) in [5.74, 6) is 0.0667. The highest BCUT2D eigenvalue weighted by Crippen LogP contribution is 2.21. The maximum absolute atomic E-state index is 12.4. The lowest BCUT2D eigenvalue weighted by Gasteiger charge is -2.32. The van der Waals surface area contributed by atoms with Crippen molar-refractivity contribution in [2.45, 2.75) is 31.7 Å². The second-order valence-electron chi connectivity index (χ2n) is 5.65. The van der Waals surface area contributed by atoms with Crippen LogP contribution in [-0.2, 0) is 0 Å². The molecule has 0 radical (unpaired) electrons. The molecule has 0 aromatic carbocycles. The minimum absolute atomic E-state index is 0.0667. The number of likely N-dealkylation sites (tertiary alicyclic amines) is 2. The first-order valence-electron chi connectivity index (χ1n) is 7.39. The first-order valence-corrected chi connectivity index (χ1v) is 8.18. The van der Waals surface area contributed by atoms with Crippen LogP contribution in [0.4, 0.5) is 0 Å². The Morgan fingerprint density at radius 2 is 2.00 bits per heavy atom. The Labute approximate surface area is 128 Å². The van der Waals surface area contributed by atoms with Gasteiger partial charge in [0.1, 0.15) is 5.69 Å². The Morgan fingerprint density at radius 3 is 2.70 bits per heavy atom. The van der Waals surface area contributed by atoms with Gasteiger partial charge in [0, 0.05) is 29.8 Å². The summed E-state index contributed by atoms with van der Waals surface area (Å²) in [6.45, 7) is 4.11. The average molecular weight is 338 g/mol. The van der Waals surface area contributed by atoms with Gasteiger partial charge in [0.2, 0.25) is 0 Å². The van der Waals surface area contributed by atoms with Crippen LogP contribution in [0, 0.1) is 0 Å². The van der Waals surface area contributed by atoms with Crippen LogP contribution >= 0.6 is 15.9 Å². The molecule has 2 aliphatic heterocycles. The molecule has 0 bridgehead atoms. The number of rotatable bonds is 2. The molecule has 0 saturated carbocycles. The van der Waals surface area contributed by atoms with E-state index in [0.29, 0.717) is 11.7 Å². The monoisotopic (exact) mass is 337 g/mol. The van der Waals surface area contributed by atoms with Crippen molar-refractivity contribution in [1.29, 1.82) is 0 Å². The van der Waals surface area contributed by atoms with Crippen LogP contribution in [0.15, 0.2) is 22.8 Å². The van der Waals surface area contributed by atoms with Crippen LogP contribution in [-0.4, -0.2) is 52.9 Å². The SMILES string of the molecule is O=C(c1ccc(Br)cn1)N1CCC(N2CCCCC2)C1. The summed E-state index contributed by atoms with van der Waals surface area (Å²) in [7, 11) is 0. The van der Waals surface area contributed by atoms with E-state index in [2.05, 4.69) is 25.8 Å². The van der Waals surface area contributed by atoms with Gasteiger partial charge >= 0.3 is 0 Å². The van der Waals surface area contributed by atoms with E-state index in [-0.39, 0.29) is 5.91 Å². The zero-order chi connectivity index (χ0) is 13.9. The van der Waals surface area contributed by atoms with Crippen LogP contribution in [0.5, 0.6) is 0 Å². The van der Waals surface area contributed by atoms with Crippen molar-refractivity contribution >= 4 is 21.8 Å². The fourth-order valence-corrected chi connectivity index (χ4v) is 3.41. The number of piperidine rings is 1. The van der Waals surface area contributed by atoms with Gasteiger partial charge < -0.3 is 4.90 Å². The number of amides is 1. The van der Waals surface area contributed by atoms with Crippen molar-refractivity contribution < 1.29 is 4.79 Å². The summed E-state index contributed by atoms with van der Waals surface area (Å²) < 4.78 is 0.904. The summed E-state index contributed by atoms with van der Waals surface area (Å²) in [6, 6.07) is 4.22. The second kappa shape index (κ2) is 6.22. The van der Waals surface area contributed by atoms with Crippen LogP contribution < -0.4 is 0 Å². The van der Waals surface area contributed by atoms with Crippen molar-refractivity contribution in [3.05, 3.63) is 28.5 Å². The lowest BCUT2D eigenvalue weighted by atomic mass is 10.1. The van der Waals surface area contributed by atoms with Gasteiger partial charge in [0.15, 0.2) is 0 Å². The molecule has 1 unspecified atom stereocenters. The quantitative estimate of drug-likeness (QED) is 0.832. The molecule has 1 aromatic heterocycles. The highest BCUT2D eigenvalue weighted by Gasteiger charge is 2.31. The molecule has 1 atom stereocenters. The van der Waals surface area contributed by atoms with E-state index in [1.807, 2.05) is 11.0 Å². The van der Waals surface area contributed by atoms with Crippen molar-refractivity contribution in [1.82, 2.24) is 14.8 Å². The third kappa shape index (κ3) is 3.04. The van der Waals surface area contributed by atoms with Gasteiger partial charge in [-0.25, -0.2) is 4.98 Å². The summed E-state index contributed by atoms with van der Waals surface area (Å²) in [4.78, 5) is 21.1. The third-order valence-corrected chi connectivity index (χ3v) is 4.77. The largest absolute Gasteiger partial charge is 0.336 e. The van der Waals surface area contributed by atoms with Gasteiger partial charge in [0.25, 0.3) is 5.91 Å². The minimum atomic E-state index is 0.0667. The average Bonchev–Trinajstić information content (AvgIpc) is 2.98. The van der Waals surface area contributed by atoms with Crippen LogP contribution in [0.1, 0.15) is 36.2 Å². The molecule has 20 heavy (non-hydrogen) atoms. The number of aromatic nitrogens is 1. The Balaban J connectivity index is 1.61. The van der Waals surface area contributed by atoms with Gasteiger partial charge in [-0.15, -0.1) is 0 Å². The fourth-order valence-electron chi connectivity index (χ4n) is 3.17. The molecule has 0 aliphatic carbocycles. The molecule has 3 heterocycles. The molecule has 108 valence electrons. The molecule has 4 nitrogen and oxygen atoms in total. The predicted molar refractivity (Wildman–Crippen MR) is 81.7 cm³/mol. The minimum Gasteiger partial charge on any atom is -0.336 e. The number of carbonyl (C=O) groups excluding carboxylic acids is 1. The normalized spacial score (nSPS) is 24.1. The molecular formula is C15H20BrN3O. The predicted octanol–water partition coefficient (Wildman–Crippen LogP) is 2.54. The molecule has 3 rings (SSSR count). The number of pyridine rings is 1. The van der Waals surface area contributed by atoms with Crippen molar-refractivity contribution in [3.63, 3.8) is 0 Å². The number of carbonyl (C=O) groups is 1. The lowest BCUT2D eigenvalue weighted by Crippen LogP contribution is -2.41. The van der Waals surface area contributed by atoms with E-state index in [9.17, 15) is 4.79 Å². The number of hydrogen-bond donors (Lipinski definition) is 0. The van der Waals surface area contributed by atoms with Crippen molar-refractivity contribution in [2.75, 3.05) is 26.2 Å². The van der Waals surface area contributed by atoms with Gasteiger partial charge in [0.05, 0.1) is 0 Å². The summed E-state index contributed by atoms with van der Waals surface area (Å²) >= 11 is 3.35. The smallest absolute Gasteiger partial charge is 0.272 e. The molecule has 2 saturated heterocycles. The van der Waals surface area contributed by atoms with E-state index in [0.717, 1.165) is 24.0 Å². The van der Waals surface area contributed by atoms with Gasteiger partial charge in [-0.1, -0.05) is 6.42 Å². The van der Waals surface area contributed by atoms with E-state index in [1.54, 1.807) is 12.3 Å². The maximum Gasteiger partial charge on any atom is 0.272 e. The molecule has 0 spiro atoms.